The van der Waals surface area contributed by atoms with Crippen molar-refractivity contribution in [1.29, 1.82) is 0 Å². The third-order valence-corrected chi connectivity index (χ3v) is 5.75. The maximum atomic E-state index is 6.17. The minimum absolute atomic E-state index is 0.709. The normalized spacial score (nSPS) is 11.5. The number of benzene rings is 3. The summed E-state index contributed by atoms with van der Waals surface area (Å²) < 4.78 is 2.22. The quantitative estimate of drug-likeness (QED) is 0.309. The second-order valence-electron chi connectivity index (χ2n) is 7.25. The van der Waals surface area contributed by atoms with Gasteiger partial charge in [0.15, 0.2) is 0 Å². The van der Waals surface area contributed by atoms with E-state index in [2.05, 4.69) is 52.0 Å². The highest BCUT2D eigenvalue weighted by Crippen LogP contribution is 2.40. The van der Waals surface area contributed by atoms with Gasteiger partial charge < -0.3 is 0 Å². The van der Waals surface area contributed by atoms with Crippen molar-refractivity contribution in [3.8, 4) is 17.1 Å². The fraction of sp³-hybridized carbons (Fsp3) is 0. The summed E-state index contributed by atoms with van der Waals surface area (Å²) >= 11 is 6.17. The molecule has 0 fully saturated rings. The first-order valence-corrected chi connectivity index (χ1v) is 10.2. The van der Waals surface area contributed by atoms with Gasteiger partial charge in [0.1, 0.15) is 5.82 Å². The lowest BCUT2D eigenvalue weighted by atomic mass is 10.0. The Kier molecular flexibility index (Phi) is 3.83. The Morgan fingerprint density at radius 3 is 2.23 bits per heavy atom. The first-order valence-electron chi connectivity index (χ1n) is 9.80. The largest absolute Gasteiger partial charge is 0.292 e. The number of para-hydroxylation sites is 2. The molecule has 6 aromatic rings. The summed E-state index contributed by atoms with van der Waals surface area (Å²) in [5.41, 5.74) is 5.08. The third kappa shape index (κ3) is 2.53. The van der Waals surface area contributed by atoms with Gasteiger partial charge in [-0.3, -0.25) is 4.57 Å². The number of halogens is 1. The monoisotopic (exact) mass is 405 g/mol. The zero-order chi connectivity index (χ0) is 20.1. The molecule has 4 heteroatoms. The molecule has 6 rings (SSSR count). The lowest BCUT2D eigenvalue weighted by Gasteiger charge is -2.12. The molecule has 0 spiro atoms. The smallest absolute Gasteiger partial charge is 0.137 e. The summed E-state index contributed by atoms with van der Waals surface area (Å²) in [6.07, 6.45) is 1.83. The third-order valence-electron chi connectivity index (χ3n) is 5.50. The number of hydrogen-bond donors (Lipinski definition) is 0. The SMILES string of the molecule is Clc1ccc(-c2nc3ccccc3c3c4ccccc4n(-c4ccccn4)c23)cc1. The number of rotatable bonds is 2. The average Bonchev–Trinajstić information content (AvgIpc) is 3.15. The lowest BCUT2D eigenvalue weighted by Crippen LogP contribution is -1.99. The fourth-order valence-corrected chi connectivity index (χ4v) is 4.35. The van der Waals surface area contributed by atoms with Gasteiger partial charge in [-0.15, -0.1) is 0 Å². The van der Waals surface area contributed by atoms with Crippen LogP contribution in [0.3, 0.4) is 0 Å². The van der Waals surface area contributed by atoms with Crippen LogP contribution in [0.5, 0.6) is 0 Å². The molecule has 3 nitrogen and oxygen atoms in total. The minimum Gasteiger partial charge on any atom is -0.292 e. The van der Waals surface area contributed by atoms with E-state index in [1.165, 1.54) is 10.8 Å². The highest BCUT2D eigenvalue weighted by Gasteiger charge is 2.20. The molecular weight excluding hydrogens is 390 g/mol. The molecule has 142 valence electrons. The predicted molar refractivity (Wildman–Crippen MR) is 124 cm³/mol. The maximum Gasteiger partial charge on any atom is 0.137 e. The minimum atomic E-state index is 0.709. The number of nitrogens with zero attached hydrogens (tertiary/aromatic N) is 3. The van der Waals surface area contributed by atoms with Crippen LogP contribution in [0.1, 0.15) is 0 Å². The van der Waals surface area contributed by atoms with Gasteiger partial charge in [0.05, 0.1) is 22.2 Å². The molecule has 0 bridgehead atoms. The Labute approximate surface area is 178 Å². The van der Waals surface area contributed by atoms with Gasteiger partial charge in [-0.05, 0) is 36.4 Å². The number of aromatic nitrogens is 3. The molecule has 3 aromatic carbocycles. The van der Waals surface area contributed by atoms with Crippen molar-refractivity contribution in [2.75, 3.05) is 0 Å². The van der Waals surface area contributed by atoms with Gasteiger partial charge in [-0.1, -0.05) is 66.2 Å². The zero-order valence-electron chi connectivity index (χ0n) is 16.0. The highest BCUT2D eigenvalue weighted by atomic mass is 35.5. The van der Waals surface area contributed by atoms with E-state index in [1.54, 1.807) is 0 Å². The first kappa shape index (κ1) is 17.2. The topological polar surface area (TPSA) is 30.7 Å². The van der Waals surface area contributed by atoms with E-state index in [1.807, 2.05) is 54.7 Å². The van der Waals surface area contributed by atoms with E-state index in [4.69, 9.17) is 16.6 Å². The molecule has 30 heavy (non-hydrogen) atoms. The van der Waals surface area contributed by atoms with Gasteiger partial charge in [0.25, 0.3) is 0 Å². The van der Waals surface area contributed by atoms with Crippen molar-refractivity contribution in [2.24, 2.45) is 0 Å². The van der Waals surface area contributed by atoms with Crippen LogP contribution in [0.4, 0.5) is 0 Å². The maximum absolute atomic E-state index is 6.17. The Hall–Kier alpha value is -3.69. The number of fused-ring (bicyclic) bond motifs is 5. The Morgan fingerprint density at radius 1 is 0.700 bits per heavy atom. The molecule has 0 saturated carbocycles. The van der Waals surface area contributed by atoms with E-state index in [-0.39, 0.29) is 0 Å². The molecule has 0 aliphatic heterocycles. The van der Waals surface area contributed by atoms with E-state index in [0.717, 1.165) is 39.0 Å². The van der Waals surface area contributed by atoms with Crippen molar-refractivity contribution >= 4 is 44.3 Å². The van der Waals surface area contributed by atoms with Crippen molar-refractivity contribution < 1.29 is 0 Å². The van der Waals surface area contributed by atoms with Crippen molar-refractivity contribution in [2.45, 2.75) is 0 Å². The lowest BCUT2D eigenvalue weighted by molar-refractivity contribution is 1.08. The molecule has 3 heterocycles. The Morgan fingerprint density at radius 2 is 1.43 bits per heavy atom. The van der Waals surface area contributed by atoms with Crippen LogP contribution in [-0.4, -0.2) is 14.5 Å². The summed E-state index contributed by atoms with van der Waals surface area (Å²) in [6, 6.07) is 30.6. The van der Waals surface area contributed by atoms with Crippen LogP contribution in [0.2, 0.25) is 5.02 Å². The first-order chi connectivity index (χ1) is 14.8. The molecule has 0 aliphatic carbocycles. The molecule has 0 unspecified atom stereocenters. The number of pyridine rings is 2. The predicted octanol–water partition coefficient (Wildman–Crippen LogP) is 7.05. The van der Waals surface area contributed by atoms with Crippen molar-refractivity contribution in [3.05, 3.63) is 102 Å². The van der Waals surface area contributed by atoms with Crippen LogP contribution in [0.25, 0.3) is 49.8 Å². The van der Waals surface area contributed by atoms with Gasteiger partial charge in [0, 0.05) is 32.9 Å². The molecule has 0 saturated heterocycles. The van der Waals surface area contributed by atoms with Crippen LogP contribution in [0.15, 0.2) is 97.2 Å². The van der Waals surface area contributed by atoms with Crippen molar-refractivity contribution in [3.63, 3.8) is 0 Å². The summed E-state index contributed by atoms with van der Waals surface area (Å²) in [7, 11) is 0. The molecule has 0 amide bonds. The molecular formula is C26H16ClN3. The fourth-order valence-electron chi connectivity index (χ4n) is 4.23. The zero-order valence-corrected chi connectivity index (χ0v) is 16.7. The van der Waals surface area contributed by atoms with E-state index in [0.29, 0.717) is 5.02 Å². The summed E-state index contributed by atoms with van der Waals surface area (Å²) in [6.45, 7) is 0. The Balaban J connectivity index is 1.89. The van der Waals surface area contributed by atoms with Gasteiger partial charge in [-0.25, -0.2) is 9.97 Å². The molecule has 0 N–H and O–H groups in total. The van der Waals surface area contributed by atoms with E-state index in [9.17, 15) is 0 Å². The second kappa shape index (κ2) is 6.68. The van der Waals surface area contributed by atoms with Crippen LogP contribution < -0.4 is 0 Å². The van der Waals surface area contributed by atoms with Gasteiger partial charge in [0.2, 0.25) is 0 Å². The second-order valence-corrected chi connectivity index (χ2v) is 7.68. The van der Waals surface area contributed by atoms with E-state index >= 15 is 0 Å². The summed E-state index contributed by atoms with van der Waals surface area (Å²) in [5, 5.41) is 4.22. The van der Waals surface area contributed by atoms with Crippen LogP contribution in [0, 0.1) is 0 Å². The van der Waals surface area contributed by atoms with E-state index < -0.39 is 0 Å². The number of hydrogen-bond acceptors (Lipinski definition) is 2. The average molecular weight is 406 g/mol. The summed E-state index contributed by atoms with van der Waals surface area (Å²) in [4.78, 5) is 9.76. The highest BCUT2D eigenvalue weighted by molar-refractivity contribution is 6.30. The molecule has 0 atom stereocenters. The van der Waals surface area contributed by atoms with Crippen LogP contribution >= 0.6 is 11.6 Å². The van der Waals surface area contributed by atoms with Crippen molar-refractivity contribution in [1.82, 2.24) is 14.5 Å². The molecule has 0 radical (unpaired) electrons. The standard InChI is InChI=1S/C26H16ClN3/c27-18-14-12-17(13-15-18)25-26-24(19-7-1-3-9-21(19)29-25)20-8-2-4-10-22(20)30(26)23-11-5-6-16-28-23/h1-16H. The van der Waals surface area contributed by atoms with Gasteiger partial charge in [-0.2, -0.15) is 0 Å². The Bertz CT molecular complexity index is 1530. The molecule has 0 aliphatic rings. The molecule has 3 aromatic heterocycles. The van der Waals surface area contributed by atoms with Crippen LogP contribution in [-0.2, 0) is 0 Å². The summed E-state index contributed by atoms with van der Waals surface area (Å²) in [5.74, 6) is 0.871. The van der Waals surface area contributed by atoms with Gasteiger partial charge >= 0.3 is 0 Å².